The molecule has 0 saturated carbocycles. The van der Waals surface area contributed by atoms with E-state index in [1.165, 1.54) is 4.31 Å². The second-order valence-electron chi connectivity index (χ2n) is 6.26. The molecule has 1 N–H and O–H groups in total. The summed E-state index contributed by atoms with van der Waals surface area (Å²) in [6.45, 7) is 1.71. The van der Waals surface area contributed by atoms with Gasteiger partial charge in [-0.1, -0.05) is 36.4 Å². The van der Waals surface area contributed by atoms with E-state index in [2.05, 4.69) is 4.98 Å². The van der Waals surface area contributed by atoms with Crippen LogP contribution in [0.5, 0.6) is 0 Å². The fourth-order valence-corrected chi connectivity index (χ4v) is 4.79. The number of carbonyl (C=O) groups excluding carboxylic acids is 1. The van der Waals surface area contributed by atoms with Crippen LogP contribution in [-0.4, -0.2) is 66.3 Å². The first-order chi connectivity index (χ1) is 13.0. The van der Waals surface area contributed by atoms with Crippen LogP contribution in [0.4, 0.5) is 5.82 Å². The molecule has 0 radical (unpaired) electrons. The van der Waals surface area contributed by atoms with Crippen molar-refractivity contribution in [3.8, 4) is 0 Å². The molecule has 1 aromatic heterocycles. The largest absolute Gasteiger partial charge is 0.354 e. The van der Waals surface area contributed by atoms with Crippen molar-refractivity contribution in [1.29, 1.82) is 0 Å². The van der Waals surface area contributed by atoms with Gasteiger partial charge in [-0.05, 0) is 17.7 Å². The van der Waals surface area contributed by atoms with Crippen molar-refractivity contribution in [1.82, 2.24) is 14.4 Å². The summed E-state index contributed by atoms with van der Waals surface area (Å²) in [5.41, 5.74) is 0.558. The molecule has 2 aromatic rings. The number of anilines is 1. The standard InChI is InChI=1S/C18H22N4O4S/c23-15-22(24)17(16-6-2-1-3-7-16)14-27(25,26)21-12-10-20(11-13-21)18-8-4-5-9-19-18/h1-9,15,17,24H,10-14H2. The molecule has 1 unspecified atom stereocenters. The van der Waals surface area contributed by atoms with E-state index in [1.54, 1.807) is 36.5 Å². The quantitative estimate of drug-likeness (QED) is 0.433. The van der Waals surface area contributed by atoms with Crippen LogP contribution in [0.15, 0.2) is 54.7 Å². The van der Waals surface area contributed by atoms with Crippen LogP contribution in [0.3, 0.4) is 0 Å². The first-order valence-electron chi connectivity index (χ1n) is 8.62. The number of pyridine rings is 1. The van der Waals surface area contributed by atoms with Crippen LogP contribution in [0.2, 0.25) is 0 Å². The molecule has 27 heavy (non-hydrogen) atoms. The molecular weight excluding hydrogens is 368 g/mol. The Morgan fingerprint density at radius 2 is 1.74 bits per heavy atom. The summed E-state index contributed by atoms with van der Waals surface area (Å²) in [5, 5.41) is 10.3. The van der Waals surface area contributed by atoms with Crippen LogP contribution >= 0.6 is 0 Å². The molecule has 144 valence electrons. The number of carbonyl (C=O) groups is 1. The van der Waals surface area contributed by atoms with Crippen molar-refractivity contribution in [2.75, 3.05) is 36.8 Å². The smallest absolute Gasteiger partial charge is 0.233 e. The number of amides is 1. The van der Waals surface area contributed by atoms with Crippen molar-refractivity contribution < 1.29 is 18.4 Å². The number of hydroxylamine groups is 2. The Bertz CT molecular complexity index is 840. The molecule has 3 rings (SSSR count). The maximum Gasteiger partial charge on any atom is 0.233 e. The Balaban J connectivity index is 1.69. The van der Waals surface area contributed by atoms with Gasteiger partial charge in [0.1, 0.15) is 5.82 Å². The Kier molecular flexibility index (Phi) is 6.04. The summed E-state index contributed by atoms with van der Waals surface area (Å²) < 4.78 is 27.1. The number of rotatable bonds is 7. The van der Waals surface area contributed by atoms with Gasteiger partial charge in [0.25, 0.3) is 0 Å². The lowest BCUT2D eigenvalue weighted by atomic mass is 10.1. The van der Waals surface area contributed by atoms with Crippen molar-refractivity contribution in [3.63, 3.8) is 0 Å². The highest BCUT2D eigenvalue weighted by Crippen LogP contribution is 2.23. The molecule has 0 aliphatic carbocycles. The monoisotopic (exact) mass is 390 g/mol. The van der Waals surface area contributed by atoms with E-state index in [9.17, 15) is 18.4 Å². The molecule has 1 amide bonds. The number of piperazine rings is 1. The molecule has 1 fully saturated rings. The minimum atomic E-state index is -3.67. The third-order valence-electron chi connectivity index (χ3n) is 4.59. The maximum atomic E-state index is 12.9. The number of hydrogen-bond donors (Lipinski definition) is 1. The van der Waals surface area contributed by atoms with Crippen LogP contribution < -0.4 is 4.90 Å². The highest BCUT2D eigenvalue weighted by Gasteiger charge is 2.32. The van der Waals surface area contributed by atoms with Crippen molar-refractivity contribution >= 4 is 22.3 Å². The molecule has 1 aliphatic heterocycles. The van der Waals surface area contributed by atoms with Crippen LogP contribution in [0, 0.1) is 0 Å². The SMILES string of the molecule is O=CN(O)C(CS(=O)(=O)N1CCN(c2ccccn2)CC1)c1ccccc1. The van der Waals surface area contributed by atoms with E-state index in [1.807, 2.05) is 23.1 Å². The van der Waals surface area contributed by atoms with Crippen molar-refractivity contribution in [3.05, 3.63) is 60.3 Å². The molecule has 8 nitrogen and oxygen atoms in total. The molecule has 1 saturated heterocycles. The predicted molar refractivity (Wildman–Crippen MR) is 101 cm³/mol. The van der Waals surface area contributed by atoms with Crippen LogP contribution in [0.25, 0.3) is 0 Å². The fourth-order valence-electron chi connectivity index (χ4n) is 3.12. The Hall–Kier alpha value is -2.49. The van der Waals surface area contributed by atoms with Gasteiger partial charge in [0.15, 0.2) is 0 Å². The summed E-state index contributed by atoms with van der Waals surface area (Å²) in [6.07, 6.45) is 1.93. The van der Waals surface area contributed by atoms with Crippen molar-refractivity contribution in [2.45, 2.75) is 6.04 Å². The second kappa shape index (κ2) is 8.47. The van der Waals surface area contributed by atoms with E-state index < -0.39 is 16.1 Å². The molecule has 2 heterocycles. The lowest BCUT2D eigenvalue weighted by Crippen LogP contribution is -2.50. The number of hydrogen-bond acceptors (Lipinski definition) is 6. The zero-order valence-electron chi connectivity index (χ0n) is 14.8. The summed E-state index contributed by atoms with van der Waals surface area (Å²) in [7, 11) is -3.67. The second-order valence-corrected chi connectivity index (χ2v) is 8.28. The number of benzene rings is 1. The topological polar surface area (TPSA) is 94.0 Å². The summed E-state index contributed by atoms with van der Waals surface area (Å²) in [5.74, 6) is 0.440. The van der Waals surface area contributed by atoms with E-state index in [4.69, 9.17) is 0 Å². The first-order valence-corrected chi connectivity index (χ1v) is 10.2. The van der Waals surface area contributed by atoms with Gasteiger partial charge in [-0.15, -0.1) is 0 Å². The molecule has 0 bridgehead atoms. The Morgan fingerprint density at radius 3 is 2.33 bits per heavy atom. The minimum Gasteiger partial charge on any atom is -0.354 e. The van der Waals surface area contributed by atoms with E-state index in [0.717, 1.165) is 5.82 Å². The number of sulfonamides is 1. The fraction of sp³-hybridized carbons (Fsp3) is 0.333. The molecule has 1 aliphatic rings. The van der Waals surface area contributed by atoms with E-state index in [-0.39, 0.29) is 12.2 Å². The van der Waals surface area contributed by atoms with Crippen LogP contribution in [-0.2, 0) is 14.8 Å². The molecular formula is C18H22N4O4S. The lowest BCUT2D eigenvalue weighted by molar-refractivity contribution is -0.158. The molecule has 1 aromatic carbocycles. The third-order valence-corrected chi connectivity index (χ3v) is 6.47. The first kappa shape index (κ1) is 19.3. The molecule has 9 heteroatoms. The molecule has 1 atom stereocenters. The average molecular weight is 390 g/mol. The highest BCUT2D eigenvalue weighted by atomic mass is 32.2. The van der Waals surface area contributed by atoms with Crippen LogP contribution in [0.1, 0.15) is 11.6 Å². The van der Waals surface area contributed by atoms with Gasteiger partial charge in [-0.3, -0.25) is 10.0 Å². The summed E-state index contributed by atoms with van der Waals surface area (Å²) in [6, 6.07) is 13.3. The van der Waals surface area contributed by atoms with Gasteiger partial charge in [-0.2, -0.15) is 4.31 Å². The highest BCUT2D eigenvalue weighted by molar-refractivity contribution is 7.89. The van der Waals surface area contributed by atoms with Gasteiger partial charge < -0.3 is 4.90 Å². The summed E-state index contributed by atoms with van der Waals surface area (Å²) in [4.78, 5) is 17.4. The predicted octanol–water partition coefficient (Wildman–Crippen LogP) is 1.12. The lowest BCUT2D eigenvalue weighted by Gasteiger charge is -2.35. The number of nitrogens with zero attached hydrogens (tertiary/aromatic N) is 4. The van der Waals surface area contributed by atoms with Gasteiger partial charge in [-0.25, -0.2) is 18.5 Å². The Labute approximate surface area is 158 Å². The third kappa shape index (κ3) is 4.62. The van der Waals surface area contributed by atoms with Gasteiger partial charge in [0, 0.05) is 32.4 Å². The minimum absolute atomic E-state index is 0.228. The summed E-state index contributed by atoms with van der Waals surface area (Å²) >= 11 is 0. The van der Waals surface area contributed by atoms with E-state index >= 15 is 0 Å². The van der Waals surface area contributed by atoms with E-state index in [0.29, 0.717) is 36.8 Å². The zero-order valence-corrected chi connectivity index (χ0v) is 15.6. The van der Waals surface area contributed by atoms with Gasteiger partial charge >= 0.3 is 0 Å². The zero-order chi connectivity index (χ0) is 19.3. The average Bonchev–Trinajstić information content (AvgIpc) is 2.73. The Morgan fingerprint density at radius 1 is 1.07 bits per heavy atom. The maximum absolute atomic E-state index is 12.9. The van der Waals surface area contributed by atoms with Crippen molar-refractivity contribution in [2.24, 2.45) is 0 Å². The van der Waals surface area contributed by atoms with Gasteiger partial charge in [0.2, 0.25) is 16.4 Å². The van der Waals surface area contributed by atoms with Gasteiger partial charge in [0.05, 0.1) is 11.8 Å². The molecule has 0 spiro atoms. The normalized spacial score (nSPS) is 16.7. The number of aromatic nitrogens is 1.